The number of ether oxygens (including phenoxy) is 1. The molecule has 0 radical (unpaired) electrons. The van der Waals surface area contributed by atoms with Crippen molar-refractivity contribution in [3.63, 3.8) is 0 Å². The van der Waals surface area contributed by atoms with Gasteiger partial charge in [-0.25, -0.2) is 14.4 Å². The molecule has 11 heteroatoms. The van der Waals surface area contributed by atoms with E-state index in [0.717, 1.165) is 30.4 Å². The second-order valence-corrected chi connectivity index (χ2v) is 8.45. The molecular weight excluding hydrogens is 452 g/mol. The predicted molar refractivity (Wildman–Crippen MR) is 118 cm³/mol. The van der Waals surface area contributed by atoms with Crippen LogP contribution in [0, 0.1) is 5.82 Å². The number of fused-ring (bicyclic) bond motifs is 3. The smallest absolute Gasteiger partial charge is 0.416 e. The zero-order valence-electron chi connectivity index (χ0n) is 18.3. The van der Waals surface area contributed by atoms with Gasteiger partial charge in [-0.3, -0.25) is 4.90 Å². The number of nitrogen functional groups attached to an aromatic ring is 1. The molecule has 4 aromatic rings. The van der Waals surface area contributed by atoms with Gasteiger partial charge in [0.1, 0.15) is 17.1 Å². The van der Waals surface area contributed by atoms with Crippen molar-refractivity contribution in [2.24, 2.45) is 0 Å². The normalized spacial score (nSPS) is 17.5. The van der Waals surface area contributed by atoms with E-state index in [0.29, 0.717) is 41.9 Å². The molecule has 1 fully saturated rings. The maximum absolute atomic E-state index is 13.8. The van der Waals surface area contributed by atoms with Gasteiger partial charge >= 0.3 is 6.18 Å². The van der Waals surface area contributed by atoms with Crippen molar-refractivity contribution in [2.45, 2.75) is 31.5 Å². The first-order chi connectivity index (χ1) is 16.2. The van der Waals surface area contributed by atoms with Crippen LogP contribution >= 0.6 is 0 Å². The summed E-state index contributed by atoms with van der Waals surface area (Å²) in [6.07, 6.45) is -2.97. The number of alkyl halides is 3. The summed E-state index contributed by atoms with van der Waals surface area (Å²) in [5.74, 6) is 0.394. The van der Waals surface area contributed by atoms with Gasteiger partial charge in [0.15, 0.2) is 11.5 Å². The van der Waals surface area contributed by atoms with Crippen molar-refractivity contribution in [3.8, 4) is 5.75 Å². The average molecular weight is 474 g/mol. The molecule has 1 atom stereocenters. The number of aromatic nitrogens is 4. The number of anilines is 1. The molecule has 0 spiro atoms. The number of benzene rings is 2. The van der Waals surface area contributed by atoms with Crippen LogP contribution in [0.5, 0.6) is 5.75 Å². The number of hydrogen-bond donors (Lipinski definition) is 1. The molecule has 1 aliphatic rings. The summed E-state index contributed by atoms with van der Waals surface area (Å²) in [5, 5.41) is 5.33. The van der Waals surface area contributed by atoms with Crippen molar-refractivity contribution in [1.29, 1.82) is 0 Å². The first kappa shape index (κ1) is 22.3. The lowest BCUT2D eigenvalue weighted by molar-refractivity contribution is -0.137. The Bertz CT molecular complexity index is 1370. The topological polar surface area (TPSA) is 81.6 Å². The van der Waals surface area contributed by atoms with Gasteiger partial charge in [0.05, 0.1) is 12.7 Å². The summed E-state index contributed by atoms with van der Waals surface area (Å²) in [5.41, 5.74) is 6.59. The van der Waals surface area contributed by atoms with Crippen LogP contribution in [0.1, 0.15) is 35.7 Å². The van der Waals surface area contributed by atoms with Crippen LogP contribution < -0.4 is 10.5 Å². The summed E-state index contributed by atoms with van der Waals surface area (Å²) < 4.78 is 59.9. The Kier molecular flexibility index (Phi) is 5.51. The number of piperidine rings is 1. The highest BCUT2D eigenvalue weighted by Crippen LogP contribution is 2.33. The standard InChI is InChI=1S/C23H22F4N6O/c1-34-18-6-2-5-17-19(18)29-22(28)33-21(17)30-20(31-33)14-4-3-7-32(12-14)11-13-8-15(23(25,26)27)10-16(24)9-13/h2,5-6,8-10,14H,3-4,7,11-12H2,1H3,(H2,28,29)/t14-/m1/s1. The van der Waals surface area contributed by atoms with Gasteiger partial charge in [-0.05, 0) is 55.3 Å². The summed E-state index contributed by atoms with van der Waals surface area (Å²) in [6, 6.07) is 8.16. The molecular formula is C23H22F4N6O. The highest BCUT2D eigenvalue weighted by molar-refractivity contribution is 5.95. The Morgan fingerprint density at radius 1 is 1.18 bits per heavy atom. The number of halogens is 4. The molecule has 1 saturated heterocycles. The Balaban J connectivity index is 1.43. The number of hydrogen-bond acceptors (Lipinski definition) is 6. The number of methoxy groups -OCH3 is 1. The molecule has 0 amide bonds. The highest BCUT2D eigenvalue weighted by atomic mass is 19.4. The number of nitrogens with two attached hydrogens (primary N) is 1. The highest BCUT2D eigenvalue weighted by Gasteiger charge is 2.32. The molecule has 5 rings (SSSR count). The van der Waals surface area contributed by atoms with Crippen molar-refractivity contribution < 1.29 is 22.3 Å². The Labute approximate surface area is 192 Å². The van der Waals surface area contributed by atoms with E-state index in [4.69, 9.17) is 15.5 Å². The fourth-order valence-corrected chi connectivity index (χ4v) is 4.55. The van der Waals surface area contributed by atoms with E-state index in [9.17, 15) is 17.6 Å². The molecule has 0 bridgehead atoms. The van der Waals surface area contributed by atoms with E-state index < -0.39 is 17.6 Å². The second-order valence-electron chi connectivity index (χ2n) is 8.45. The van der Waals surface area contributed by atoms with Crippen LogP contribution in [0.3, 0.4) is 0 Å². The maximum atomic E-state index is 13.8. The third-order valence-electron chi connectivity index (χ3n) is 6.09. The Morgan fingerprint density at radius 2 is 2.00 bits per heavy atom. The minimum atomic E-state index is -4.60. The number of nitrogens with zero attached hydrogens (tertiary/aromatic N) is 5. The SMILES string of the molecule is COc1cccc2c1nc(N)n1nc([C@@H]3CCCN(Cc4cc(F)cc(C(F)(F)F)c4)C3)nc21. The summed E-state index contributed by atoms with van der Waals surface area (Å²) >= 11 is 0. The van der Waals surface area contributed by atoms with Crippen LogP contribution in [0.4, 0.5) is 23.5 Å². The van der Waals surface area contributed by atoms with Gasteiger partial charge in [-0.1, -0.05) is 6.07 Å². The maximum Gasteiger partial charge on any atom is 0.416 e. The molecule has 1 aliphatic heterocycles. The van der Waals surface area contributed by atoms with Crippen LogP contribution in [0.15, 0.2) is 36.4 Å². The van der Waals surface area contributed by atoms with E-state index in [-0.39, 0.29) is 24.0 Å². The van der Waals surface area contributed by atoms with Crippen molar-refractivity contribution >= 4 is 22.5 Å². The van der Waals surface area contributed by atoms with E-state index in [1.54, 1.807) is 13.2 Å². The van der Waals surface area contributed by atoms with Gasteiger partial charge in [-0.15, -0.1) is 5.10 Å². The lowest BCUT2D eigenvalue weighted by Crippen LogP contribution is -2.34. The first-order valence-electron chi connectivity index (χ1n) is 10.8. The number of likely N-dealkylation sites (tertiary alicyclic amines) is 1. The monoisotopic (exact) mass is 474 g/mol. The third-order valence-corrected chi connectivity index (χ3v) is 6.09. The molecule has 34 heavy (non-hydrogen) atoms. The molecule has 0 saturated carbocycles. The van der Waals surface area contributed by atoms with E-state index in [2.05, 4.69) is 10.1 Å². The molecule has 2 aromatic carbocycles. The largest absolute Gasteiger partial charge is 0.494 e. The zero-order chi connectivity index (χ0) is 24.0. The van der Waals surface area contributed by atoms with E-state index in [1.807, 2.05) is 17.0 Å². The van der Waals surface area contributed by atoms with E-state index >= 15 is 0 Å². The molecule has 178 valence electrons. The fourth-order valence-electron chi connectivity index (χ4n) is 4.55. The van der Waals surface area contributed by atoms with E-state index in [1.165, 1.54) is 4.52 Å². The van der Waals surface area contributed by atoms with Gasteiger partial charge in [-0.2, -0.15) is 17.7 Å². The lowest BCUT2D eigenvalue weighted by Gasteiger charge is -2.31. The van der Waals surface area contributed by atoms with Crippen LogP contribution in [0.25, 0.3) is 16.6 Å². The molecule has 2 aromatic heterocycles. The summed E-state index contributed by atoms with van der Waals surface area (Å²) in [6.45, 7) is 1.42. The van der Waals surface area contributed by atoms with Crippen LogP contribution in [-0.2, 0) is 12.7 Å². The fraction of sp³-hybridized carbons (Fsp3) is 0.348. The predicted octanol–water partition coefficient (Wildman–Crippen LogP) is 4.41. The summed E-state index contributed by atoms with van der Waals surface area (Å²) in [7, 11) is 1.55. The van der Waals surface area contributed by atoms with Crippen LogP contribution in [0.2, 0.25) is 0 Å². The number of rotatable bonds is 4. The lowest BCUT2D eigenvalue weighted by atomic mass is 9.96. The third kappa shape index (κ3) is 4.11. The zero-order valence-corrected chi connectivity index (χ0v) is 18.3. The van der Waals surface area contributed by atoms with Crippen molar-refractivity contribution in [1.82, 2.24) is 24.5 Å². The van der Waals surface area contributed by atoms with Crippen LogP contribution in [-0.4, -0.2) is 44.7 Å². The number of para-hydroxylation sites is 1. The molecule has 7 nitrogen and oxygen atoms in total. The summed E-state index contributed by atoms with van der Waals surface area (Å²) in [4.78, 5) is 11.2. The molecule has 0 aliphatic carbocycles. The van der Waals surface area contributed by atoms with Gasteiger partial charge in [0.25, 0.3) is 0 Å². The average Bonchev–Trinajstić information content (AvgIpc) is 3.25. The minimum absolute atomic E-state index is 0.0515. The Morgan fingerprint density at radius 3 is 2.76 bits per heavy atom. The van der Waals surface area contributed by atoms with Crippen molar-refractivity contribution in [3.05, 3.63) is 59.2 Å². The van der Waals surface area contributed by atoms with Crippen molar-refractivity contribution in [2.75, 3.05) is 25.9 Å². The second kappa shape index (κ2) is 8.39. The van der Waals surface area contributed by atoms with Gasteiger partial charge in [0.2, 0.25) is 5.95 Å². The van der Waals surface area contributed by atoms with Gasteiger partial charge < -0.3 is 10.5 Å². The molecule has 2 N–H and O–H groups in total. The quantitative estimate of drug-likeness (QED) is 0.442. The minimum Gasteiger partial charge on any atom is -0.494 e. The molecule has 0 unspecified atom stereocenters. The van der Waals surface area contributed by atoms with Gasteiger partial charge in [0, 0.05) is 24.4 Å². The Hall–Kier alpha value is -3.47. The molecule has 3 heterocycles. The first-order valence-corrected chi connectivity index (χ1v) is 10.8.